The molecule has 0 radical (unpaired) electrons. The minimum Gasteiger partial charge on any atom is -0.0803 e. The fourth-order valence-corrected chi connectivity index (χ4v) is 5.46. The van der Waals surface area contributed by atoms with Crippen molar-refractivity contribution >= 4 is 0 Å². The summed E-state index contributed by atoms with van der Waals surface area (Å²) in [7, 11) is 0. The third-order valence-electron chi connectivity index (χ3n) is 6.04. The highest BCUT2D eigenvalue weighted by molar-refractivity contribution is 5.66. The van der Waals surface area contributed by atoms with E-state index >= 15 is 0 Å². The average Bonchev–Trinajstić information content (AvgIpc) is 3.18. The summed E-state index contributed by atoms with van der Waals surface area (Å²) in [6.45, 7) is 4.76. The van der Waals surface area contributed by atoms with E-state index in [9.17, 15) is 0 Å². The second kappa shape index (κ2) is 3.23. The first kappa shape index (κ1) is 10.5. The van der Waals surface area contributed by atoms with Crippen LogP contribution in [0.3, 0.4) is 0 Å². The van der Waals surface area contributed by atoms with Crippen molar-refractivity contribution in [3.05, 3.63) is 57.7 Å². The van der Waals surface area contributed by atoms with Gasteiger partial charge < -0.3 is 0 Å². The molecule has 0 amide bonds. The maximum absolute atomic E-state index is 2.47. The van der Waals surface area contributed by atoms with Crippen molar-refractivity contribution < 1.29 is 0 Å². The van der Waals surface area contributed by atoms with Crippen LogP contribution in [0.15, 0.2) is 24.3 Å². The van der Waals surface area contributed by atoms with Crippen LogP contribution in [-0.4, -0.2) is 0 Å². The Kier molecular flexibility index (Phi) is 1.78. The Hall–Kier alpha value is -1.30. The maximum atomic E-state index is 2.47. The van der Waals surface area contributed by atoms with E-state index in [0.29, 0.717) is 0 Å². The topological polar surface area (TPSA) is 0 Å². The molecule has 4 aliphatic carbocycles. The lowest BCUT2D eigenvalue weighted by molar-refractivity contribution is 0.782. The summed E-state index contributed by atoms with van der Waals surface area (Å²) in [6, 6.07) is 0. The molecule has 1 aromatic rings. The molecule has 0 heterocycles. The van der Waals surface area contributed by atoms with Crippen molar-refractivity contribution in [3.8, 4) is 0 Å². The Morgan fingerprint density at radius 2 is 1.21 bits per heavy atom. The van der Waals surface area contributed by atoms with Crippen LogP contribution in [0, 0.1) is 6.92 Å². The summed E-state index contributed by atoms with van der Waals surface area (Å²) < 4.78 is 0. The van der Waals surface area contributed by atoms with Gasteiger partial charge in [-0.05, 0) is 59.6 Å². The van der Waals surface area contributed by atoms with Crippen LogP contribution in [0.2, 0.25) is 0 Å². The Labute approximate surface area is 115 Å². The molecule has 0 fully saturated rings. The van der Waals surface area contributed by atoms with Gasteiger partial charge in [0.1, 0.15) is 0 Å². The number of rotatable bonds is 1. The fourth-order valence-electron chi connectivity index (χ4n) is 5.46. The van der Waals surface area contributed by atoms with Crippen LogP contribution in [-0.2, 0) is 6.42 Å². The van der Waals surface area contributed by atoms with Crippen LogP contribution in [0.5, 0.6) is 0 Å². The van der Waals surface area contributed by atoms with Crippen LogP contribution in [0.25, 0.3) is 0 Å². The van der Waals surface area contributed by atoms with Gasteiger partial charge in [0.05, 0.1) is 0 Å². The molecule has 0 aliphatic heterocycles. The number of benzene rings is 1. The zero-order chi connectivity index (χ0) is 12.7. The van der Waals surface area contributed by atoms with E-state index in [1.165, 1.54) is 19.3 Å². The van der Waals surface area contributed by atoms with Crippen molar-refractivity contribution in [1.29, 1.82) is 0 Å². The van der Waals surface area contributed by atoms with Gasteiger partial charge in [0.15, 0.2) is 0 Å². The minimum atomic E-state index is 0.735. The molecule has 0 unspecified atom stereocenters. The summed E-state index contributed by atoms with van der Waals surface area (Å²) in [5.41, 5.74) is 10.3. The van der Waals surface area contributed by atoms with E-state index in [2.05, 4.69) is 38.2 Å². The molecular weight excluding hydrogens is 228 g/mol. The van der Waals surface area contributed by atoms with Crippen molar-refractivity contribution in [1.82, 2.24) is 0 Å². The predicted octanol–water partition coefficient (Wildman–Crippen LogP) is 4.84. The number of allylic oxidation sites excluding steroid dienone is 4. The van der Waals surface area contributed by atoms with Gasteiger partial charge in [-0.25, -0.2) is 0 Å². The zero-order valence-corrected chi connectivity index (χ0v) is 11.7. The molecule has 0 N–H and O–H groups in total. The zero-order valence-electron chi connectivity index (χ0n) is 11.7. The summed E-state index contributed by atoms with van der Waals surface area (Å²) in [5.74, 6) is 2.95. The normalized spacial score (nSPS) is 35.3. The van der Waals surface area contributed by atoms with Crippen LogP contribution >= 0.6 is 0 Å². The molecule has 5 rings (SSSR count). The van der Waals surface area contributed by atoms with Crippen LogP contribution in [0.4, 0.5) is 0 Å². The first-order valence-electron chi connectivity index (χ1n) is 7.85. The SMILES string of the molecule is CCc1c2c(c(C)c3c1[C@H]1C=C[C@@H]3C1)[C@H]1C=C[C@@H]2C1. The van der Waals surface area contributed by atoms with Gasteiger partial charge in [0, 0.05) is 23.7 Å². The van der Waals surface area contributed by atoms with Crippen LogP contribution in [0.1, 0.15) is 76.8 Å². The lowest BCUT2D eigenvalue weighted by Crippen LogP contribution is -2.10. The van der Waals surface area contributed by atoms with Crippen molar-refractivity contribution in [2.75, 3.05) is 0 Å². The van der Waals surface area contributed by atoms with Crippen molar-refractivity contribution in [2.24, 2.45) is 0 Å². The molecule has 0 heteroatoms. The molecule has 19 heavy (non-hydrogen) atoms. The molecule has 0 saturated carbocycles. The molecular formula is C19H20. The monoisotopic (exact) mass is 248 g/mol. The molecule has 0 spiro atoms. The van der Waals surface area contributed by atoms with Gasteiger partial charge in [0.2, 0.25) is 0 Å². The Morgan fingerprint density at radius 1 is 0.789 bits per heavy atom. The highest BCUT2D eigenvalue weighted by atomic mass is 14.5. The quantitative estimate of drug-likeness (QED) is 0.624. The largest absolute Gasteiger partial charge is 0.0803 e. The first-order chi connectivity index (χ1) is 9.29. The van der Waals surface area contributed by atoms with Gasteiger partial charge >= 0.3 is 0 Å². The van der Waals surface area contributed by atoms with E-state index in [1.54, 1.807) is 33.4 Å². The minimum absolute atomic E-state index is 0.735. The molecule has 0 nitrogen and oxygen atoms in total. The summed E-state index contributed by atoms with van der Waals surface area (Å²) in [6.07, 6.45) is 13.8. The summed E-state index contributed by atoms with van der Waals surface area (Å²) >= 11 is 0. The lowest BCUT2D eigenvalue weighted by Gasteiger charge is -2.26. The first-order valence-corrected chi connectivity index (χ1v) is 7.85. The van der Waals surface area contributed by atoms with Crippen molar-refractivity contribution in [2.45, 2.75) is 56.8 Å². The molecule has 96 valence electrons. The second-order valence-electron chi connectivity index (χ2n) is 6.78. The van der Waals surface area contributed by atoms with E-state index in [4.69, 9.17) is 0 Å². The van der Waals surface area contributed by atoms with Gasteiger partial charge in [-0.15, -0.1) is 0 Å². The third kappa shape index (κ3) is 1.05. The Balaban J connectivity index is 1.89. The number of hydrogen-bond donors (Lipinski definition) is 0. The average molecular weight is 248 g/mol. The maximum Gasteiger partial charge on any atom is 0.00328 e. The molecule has 4 bridgehead atoms. The summed E-state index contributed by atoms with van der Waals surface area (Å²) in [4.78, 5) is 0. The summed E-state index contributed by atoms with van der Waals surface area (Å²) in [5, 5.41) is 0. The van der Waals surface area contributed by atoms with E-state index in [1.807, 2.05) is 0 Å². The van der Waals surface area contributed by atoms with Gasteiger partial charge in [-0.3, -0.25) is 0 Å². The van der Waals surface area contributed by atoms with E-state index < -0.39 is 0 Å². The second-order valence-corrected chi connectivity index (χ2v) is 6.78. The van der Waals surface area contributed by atoms with Gasteiger partial charge in [-0.1, -0.05) is 31.2 Å². The highest BCUT2D eigenvalue weighted by Gasteiger charge is 2.43. The lowest BCUT2D eigenvalue weighted by atomic mass is 9.78. The van der Waals surface area contributed by atoms with E-state index in [-0.39, 0.29) is 0 Å². The van der Waals surface area contributed by atoms with Gasteiger partial charge in [-0.2, -0.15) is 0 Å². The van der Waals surface area contributed by atoms with Gasteiger partial charge in [0.25, 0.3) is 0 Å². The standard InChI is InChI=1S/C19H20/c1-3-15-18-13-6-4-11(8-13)16(18)10(2)17-12-5-7-14(9-12)19(15)17/h4-7,11-14H,3,8-9H2,1-2H3/t11-,12+,13+,14-. The smallest absolute Gasteiger partial charge is 0.00328 e. The molecule has 4 atom stereocenters. The van der Waals surface area contributed by atoms with E-state index in [0.717, 1.165) is 23.7 Å². The Bertz CT molecular complexity index is 606. The number of hydrogen-bond acceptors (Lipinski definition) is 0. The number of fused-ring (bicyclic) bond motifs is 10. The van der Waals surface area contributed by atoms with Crippen molar-refractivity contribution in [3.63, 3.8) is 0 Å². The fraction of sp³-hybridized carbons (Fsp3) is 0.474. The third-order valence-corrected chi connectivity index (χ3v) is 6.04. The van der Waals surface area contributed by atoms with Crippen LogP contribution < -0.4 is 0 Å². The predicted molar refractivity (Wildman–Crippen MR) is 79.0 cm³/mol. The Morgan fingerprint density at radius 3 is 1.63 bits per heavy atom. The highest BCUT2D eigenvalue weighted by Crippen LogP contribution is 2.59. The molecule has 0 saturated heterocycles. The molecule has 0 aromatic heterocycles. The molecule has 4 aliphatic rings. The molecule has 1 aromatic carbocycles.